The van der Waals surface area contributed by atoms with Gasteiger partial charge in [-0.1, -0.05) is 18.5 Å². The van der Waals surface area contributed by atoms with Gasteiger partial charge in [0.05, 0.1) is 10.5 Å². The van der Waals surface area contributed by atoms with Crippen LogP contribution in [0.2, 0.25) is 5.02 Å². The minimum Gasteiger partial charge on any atom is -0.301 e. The van der Waals surface area contributed by atoms with Crippen LogP contribution in [0.1, 0.15) is 23.2 Å². The van der Waals surface area contributed by atoms with E-state index >= 15 is 0 Å². The van der Waals surface area contributed by atoms with Crippen LogP contribution in [0.3, 0.4) is 0 Å². The molecule has 2 rings (SSSR count). The highest BCUT2D eigenvalue weighted by molar-refractivity contribution is 6.30. The molecule has 2 heterocycles. The molecule has 0 spiro atoms. The van der Waals surface area contributed by atoms with Crippen molar-refractivity contribution in [1.29, 1.82) is 0 Å². The number of hydrogen-bond donors (Lipinski definition) is 0. The van der Waals surface area contributed by atoms with E-state index in [4.69, 9.17) is 11.6 Å². The van der Waals surface area contributed by atoms with Gasteiger partial charge in [-0.25, -0.2) is 4.98 Å². The normalized spacial score (nSPS) is 10.7. The molecular weight excluding hydrogens is 200 g/mol. The Morgan fingerprint density at radius 3 is 3.00 bits per heavy atom. The van der Waals surface area contributed by atoms with Gasteiger partial charge in [-0.05, 0) is 12.1 Å². The summed E-state index contributed by atoms with van der Waals surface area (Å²) in [6, 6.07) is 3.56. The average Bonchev–Trinajstić information content (AvgIpc) is 2.55. The highest BCUT2D eigenvalue weighted by Gasteiger charge is 2.08. The predicted octanol–water partition coefficient (Wildman–Crippen LogP) is 2.36. The third-order valence-corrected chi connectivity index (χ3v) is 2.35. The van der Waals surface area contributed by atoms with Crippen molar-refractivity contribution in [2.24, 2.45) is 0 Å². The fourth-order valence-electron chi connectivity index (χ4n) is 1.48. The quantitative estimate of drug-likeness (QED) is 0.711. The number of nitrogens with zero attached hydrogens (tertiary/aromatic N) is 2. The maximum Gasteiger partial charge on any atom is 0.170 e. The van der Waals surface area contributed by atoms with E-state index in [1.165, 1.54) is 0 Å². The lowest BCUT2D eigenvalue weighted by Crippen LogP contribution is -1.91. The van der Waals surface area contributed by atoms with Crippen molar-refractivity contribution in [2.45, 2.75) is 13.3 Å². The third-order valence-electron chi connectivity index (χ3n) is 2.13. The van der Waals surface area contributed by atoms with Gasteiger partial charge in [-0.15, -0.1) is 0 Å². The smallest absolute Gasteiger partial charge is 0.170 e. The first kappa shape index (κ1) is 9.21. The van der Waals surface area contributed by atoms with E-state index in [0.717, 1.165) is 24.0 Å². The summed E-state index contributed by atoms with van der Waals surface area (Å²) in [4.78, 5) is 14.9. The Morgan fingerprint density at radius 2 is 2.36 bits per heavy atom. The van der Waals surface area contributed by atoms with Crippen molar-refractivity contribution in [3.63, 3.8) is 0 Å². The molecule has 0 bridgehead atoms. The third kappa shape index (κ3) is 1.30. The number of aryl methyl sites for hydroxylation is 1. The number of fused-ring (bicyclic) bond motifs is 1. The van der Waals surface area contributed by atoms with Gasteiger partial charge in [0.1, 0.15) is 11.5 Å². The van der Waals surface area contributed by atoms with Crippen LogP contribution in [0, 0.1) is 0 Å². The van der Waals surface area contributed by atoms with Gasteiger partial charge >= 0.3 is 0 Å². The number of carbonyl (C=O) groups excluding carboxylic acids is 1. The van der Waals surface area contributed by atoms with Crippen molar-refractivity contribution in [1.82, 2.24) is 9.38 Å². The Labute approximate surface area is 86.3 Å². The van der Waals surface area contributed by atoms with Crippen molar-refractivity contribution in [2.75, 3.05) is 0 Å². The second-order valence-corrected chi connectivity index (χ2v) is 3.42. The van der Waals surface area contributed by atoms with Gasteiger partial charge < -0.3 is 4.40 Å². The largest absolute Gasteiger partial charge is 0.301 e. The van der Waals surface area contributed by atoms with Crippen LogP contribution in [0.25, 0.3) is 5.52 Å². The molecule has 0 aromatic carbocycles. The molecular formula is C10H9ClN2O. The van der Waals surface area contributed by atoms with Gasteiger partial charge in [-0.3, -0.25) is 4.79 Å². The van der Waals surface area contributed by atoms with Gasteiger partial charge in [0, 0.05) is 12.6 Å². The molecule has 3 nitrogen and oxygen atoms in total. The summed E-state index contributed by atoms with van der Waals surface area (Å²) in [5, 5.41) is 0.641. The summed E-state index contributed by atoms with van der Waals surface area (Å²) >= 11 is 5.86. The zero-order valence-electron chi connectivity index (χ0n) is 7.70. The summed E-state index contributed by atoms with van der Waals surface area (Å²) in [5.41, 5.74) is 1.28. The summed E-state index contributed by atoms with van der Waals surface area (Å²) in [6.07, 6.45) is 3.31. The molecule has 14 heavy (non-hydrogen) atoms. The first-order valence-electron chi connectivity index (χ1n) is 4.38. The first-order chi connectivity index (χ1) is 6.76. The Balaban J connectivity index is 2.82. The van der Waals surface area contributed by atoms with E-state index in [1.54, 1.807) is 18.3 Å². The number of rotatable bonds is 2. The molecule has 0 fully saturated rings. The lowest BCUT2D eigenvalue weighted by Gasteiger charge is -1.97. The molecule has 72 valence electrons. The van der Waals surface area contributed by atoms with Gasteiger partial charge in [0.25, 0.3) is 0 Å². The van der Waals surface area contributed by atoms with Crippen molar-refractivity contribution in [3.05, 3.63) is 34.9 Å². The topological polar surface area (TPSA) is 34.4 Å². The molecule has 0 radical (unpaired) electrons. The van der Waals surface area contributed by atoms with E-state index in [1.807, 2.05) is 11.3 Å². The van der Waals surface area contributed by atoms with Crippen molar-refractivity contribution in [3.8, 4) is 0 Å². The molecule has 0 aliphatic rings. The van der Waals surface area contributed by atoms with Crippen molar-refractivity contribution >= 4 is 23.4 Å². The summed E-state index contributed by atoms with van der Waals surface area (Å²) < 4.78 is 1.85. The maximum absolute atomic E-state index is 10.7. The van der Waals surface area contributed by atoms with Crippen LogP contribution in [0.4, 0.5) is 0 Å². The lowest BCUT2D eigenvalue weighted by molar-refractivity contribution is 0.112. The fourth-order valence-corrected chi connectivity index (χ4v) is 1.64. The van der Waals surface area contributed by atoms with E-state index in [2.05, 4.69) is 4.98 Å². The second kappa shape index (κ2) is 3.42. The SMILES string of the molecule is CCc1nc(C=O)c2ccc(Cl)cn12. The zero-order valence-corrected chi connectivity index (χ0v) is 8.45. The van der Waals surface area contributed by atoms with E-state index in [0.29, 0.717) is 10.7 Å². The Morgan fingerprint density at radius 1 is 1.57 bits per heavy atom. The average molecular weight is 209 g/mol. The standard InChI is InChI=1S/C10H9ClN2O/c1-2-10-12-8(6-14)9-4-3-7(11)5-13(9)10/h3-6H,2H2,1H3. The minimum absolute atomic E-state index is 0.471. The predicted molar refractivity (Wildman–Crippen MR) is 55.0 cm³/mol. The molecule has 0 amide bonds. The molecule has 2 aromatic rings. The molecule has 0 saturated heterocycles. The molecule has 0 aliphatic heterocycles. The molecule has 0 unspecified atom stereocenters. The Kier molecular flexibility index (Phi) is 2.25. The number of carbonyl (C=O) groups is 1. The number of pyridine rings is 1. The van der Waals surface area contributed by atoms with E-state index < -0.39 is 0 Å². The molecule has 0 aliphatic carbocycles. The molecule has 0 atom stereocenters. The summed E-state index contributed by atoms with van der Waals surface area (Å²) in [7, 11) is 0. The van der Waals surface area contributed by atoms with Gasteiger partial charge in [0.15, 0.2) is 6.29 Å². The van der Waals surface area contributed by atoms with Crippen LogP contribution in [-0.4, -0.2) is 15.7 Å². The monoisotopic (exact) mass is 208 g/mol. The van der Waals surface area contributed by atoms with Crippen LogP contribution >= 0.6 is 11.6 Å². The fraction of sp³-hybridized carbons (Fsp3) is 0.200. The molecule has 0 N–H and O–H groups in total. The van der Waals surface area contributed by atoms with Crippen molar-refractivity contribution < 1.29 is 4.79 Å². The van der Waals surface area contributed by atoms with Gasteiger partial charge in [0.2, 0.25) is 0 Å². The molecule has 4 heteroatoms. The van der Waals surface area contributed by atoms with Crippen LogP contribution in [0.15, 0.2) is 18.3 Å². The number of hydrogen-bond acceptors (Lipinski definition) is 2. The van der Waals surface area contributed by atoms with Crippen LogP contribution < -0.4 is 0 Å². The number of halogens is 1. The molecule has 2 aromatic heterocycles. The highest BCUT2D eigenvalue weighted by Crippen LogP contribution is 2.16. The zero-order chi connectivity index (χ0) is 10.1. The molecule has 0 saturated carbocycles. The summed E-state index contributed by atoms with van der Waals surface area (Å²) in [6.45, 7) is 1.99. The first-order valence-corrected chi connectivity index (χ1v) is 4.75. The van der Waals surface area contributed by atoms with Gasteiger partial charge in [-0.2, -0.15) is 0 Å². The number of aromatic nitrogens is 2. The Hall–Kier alpha value is -1.35. The number of aldehydes is 1. The van der Waals surface area contributed by atoms with E-state index in [9.17, 15) is 4.79 Å². The van der Waals surface area contributed by atoms with Crippen LogP contribution in [0.5, 0.6) is 0 Å². The minimum atomic E-state index is 0.471. The lowest BCUT2D eigenvalue weighted by atomic mass is 10.3. The number of imidazole rings is 1. The maximum atomic E-state index is 10.7. The van der Waals surface area contributed by atoms with Crippen LogP contribution in [-0.2, 0) is 6.42 Å². The highest BCUT2D eigenvalue weighted by atomic mass is 35.5. The summed E-state index contributed by atoms with van der Waals surface area (Å²) in [5.74, 6) is 0.851. The Bertz CT molecular complexity index is 490. The second-order valence-electron chi connectivity index (χ2n) is 2.99. The van der Waals surface area contributed by atoms with E-state index in [-0.39, 0.29) is 0 Å².